The van der Waals surface area contributed by atoms with Crippen LogP contribution < -0.4 is 4.31 Å². The smallest absolute Gasteiger partial charge is 0.335 e. The van der Waals surface area contributed by atoms with E-state index in [2.05, 4.69) is 0 Å². The molecule has 1 aromatic carbocycles. The average Bonchev–Trinajstić information content (AvgIpc) is 2.29. The Morgan fingerprint density at radius 1 is 1.33 bits per heavy atom. The third-order valence-electron chi connectivity index (χ3n) is 2.81. The van der Waals surface area contributed by atoms with Gasteiger partial charge in [-0.3, -0.25) is 4.31 Å². The number of carboxylic acid groups (broad SMARTS) is 1. The molecule has 0 aromatic heterocycles. The minimum atomic E-state index is -3.33. The maximum atomic E-state index is 11.9. The van der Waals surface area contributed by atoms with Gasteiger partial charge in [-0.2, -0.15) is 0 Å². The molecule has 0 radical (unpaired) electrons. The van der Waals surface area contributed by atoms with Crippen LogP contribution in [0.1, 0.15) is 23.2 Å². The molecule has 0 saturated carbocycles. The zero-order valence-electron chi connectivity index (χ0n) is 9.47. The second-order valence-corrected chi connectivity index (χ2v) is 6.49. The lowest BCUT2D eigenvalue weighted by Gasteiger charge is -2.29. The number of carbonyl (C=O) groups is 1. The normalized spacial score (nSPS) is 18.6. The zero-order valence-corrected chi connectivity index (χ0v) is 11.0. The van der Waals surface area contributed by atoms with E-state index in [1.54, 1.807) is 0 Å². The van der Waals surface area contributed by atoms with E-state index >= 15 is 0 Å². The van der Waals surface area contributed by atoms with Gasteiger partial charge in [-0.25, -0.2) is 13.2 Å². The number of hydrogen-bond acceptors (Lipinski definition) is 3. The van der Waals surface area contributed by atoms with Crippen molar-refractivity contribution >= 4 is 33.3 Å². The van der Waals surface area contributed by atoms with Crippen LogP contribution in [0.5, 0.6) is 0 Å². The average molecular weight is 290 g/mol. The molecule has 5 nitrogen and oxygen atoms in total. The topological polar surface area (TPSA) is 74.7 Å². The summed E-state index contributed by atoms with van der Waals surface area (Å²) in [6.07, 6.45) is 1.42. The standard InChI is InChI=1S/C11H12ClNO4S/c12-9-7-8(11(14)15)3-4-10(9)13-5-1-2-6-18(13,16)17/h3-4,7H,1-2,5-6H2,(H,14,15). The van der Waals surface area contributed by atoms with Crippen molar-refractivity contribution in [3.8, 4) is 0 Å². The molecule has 2 rings (SSSR count). The molecule has 1 fully saturated rings. The van der Waals surface area contributed by atoms with Crippen LogP contribution >= 0.6 is 11.6 Å². The maximum Gasteiger partial charge on any atom is 0.335 e. The van der Waals surface area contributed by atoms with Gasteiger partial charge in [0.15, 0.2) is 0 Å². The molecule has 1 aliphatic rings. The molecule has 1 heterocycles. The van der Waals surface area contributed by atoms with Gasteiger partial charge in [-0.05, 0) is 31.0 Å². The number of carboxylic acids is 1. The summed E-state index contributed by atoms with van der Waals surface area (Å²) in [5.41, 5.74) is 0.388. The van der Waals surface area contributed by atoms with Crippen molar-refractivity contribution in [2.24, 2.45) is 0 Å². The Kier molecular flexibility index (Phi) is 3.49. The van der Waals surface area contributed by atoms with Gasteiger partial charge in [0.1, 0.15) is 0 Å². The molecular formula is C11H12ClNO4S. The molecule has 0 aliphatic carbocycles. The van der Waals surface area contributed by atoms with E-state index in [0.29, 0.717) is 18.7 Å². The largest absolute Gasteiger partial charge is 0.478 e. The lowest BCUT2D eigenvalue weighted by atomic mass is 10.2. The molecule has 0 spiro atoms. The molecule has 1 N–H and O–H groups in total. The van der Waals surface area contributed by atoms with Gasteiger partial charge in [0.05, 0.1) is 22.0 Å². The number of sulfonamides is 1. The predicted molar refractivity (Wildman–Crippen MR) is 68.8 cm³/mol. The van der Waals surface area contributed by atoms with Crippen LogP contribution in [0.3, 0.4) is 0 Å². The fraction of sp³-hybridized carbons (Fsp3) is 0.364. The van der Waals surface area contributed by atoms with Crippen molar-refractivity contribution in [2.45, 2.75) is 12.8 Å². The lowest BCUT2D eigenvalue weighted by Crippen LogP contribution is -2.38. The first-order valence-electron chi connectivity index (χ1n) is 5.45. The fourth-order valence-electron chi connectivity index (χ4n) is 1.90. The molecule has 7 heteroatoms. The molecule has 1 aliphatic heterocycles. The summed E-state index contributed by atoms with van der Waals surface area (Å²) in [4.78, 5) is 10.8. The van der Waals surface area contributed by atoms with E-state index in [9.17, 15) is 13.2 Å². The number of hydrogen-bond donors (Lipinski definition) is 1. The number of anilines is 1. The van der Waals surface area contributed by atoms with Crippen LogP contribution in [-0.4, -0.2) is 31.8 Å². The van der Waals surface area contributed by atoms with Crippen molar-refractivity contribution < 1.29 is 18.3 Å². The summed E-state index contributed by atoms with van der Waals surface area (Å²) >= 11 is 5.96. The third-order valence-corrected chi connectivity index (χ3v) is 4.97. The van der Waals surface area contributed by atoms with Crippen molar-refractivity contribution in [3.05, 3.63) is 28.8 Å². The van der Waals surface area contributed by atoms with E-state index in [0.717, 1.165) is 6.42 Å². The first-order valence-corrected chi connectivity index (χ1v) is 7.44. The van der Waals surface area contributed by atoms with Gasteiger partial charge >= 0.3 is 5.97 Å². The molecule has 1 saturated heterocycles. The van der Waals surface area contributed by atoms with E-state index in [4.69, 9.17) is 16.7 Å². The van der Waals surface area contributed by atoms with Crippen LogP contribution in [0.4, 0.5) is 5.69 Å². The lowest BCUT2D eigenvalue weighted by molar-refractivity contribution is 0.0697. The summed E-state index contributed by atoms with van der Waals surface area (Å²) in [5.74, 6) is -0.991. The highest BCUT2D eigenvalue weighted by Crippen LogP contribution is 2.31. The van der Waals surface area contributed by atoms with E-state index < -0.39 is 16.0 Å². The maximum absolute atomic E-state index is 11.9. The van der Waals surface area contributed by atoms with E-state index in [-0.39, 0.29) is 16.3 Å². The molecule has 18 heavy (non-hydrogen) atoms. The number of nitrogens with zero attached hydrogens (tertiary/aromatic N) is 1. The van der Waals surface area contributed by atoms with Crippen molar-refractivity contribution in [3.63, 3.8) is 0 Å². The minimum Gasteiger partial charge on any atom is -0.478 e. The highest BCUT2D eigenvalue weighted by atomic mass is 35.5. The van der Waals surface area contributed by atoms with Gasteiger partial charge in [-0.15, -0.1) is 0 Å². The Morgan fingerprint density at radius 3 is 2.61 bits per heavy atom. The highest BCUT2D eigenvalue weighted by molar-refractivity contribution is 7.92. The van der Waals surface area contributed by atoms with Gasteiger partial charge in [0.25, 0.3) is 0 Å². The SMILES string of the molecule is O=C(O)c1ccc(N2CCCCS2(=O)=O)c(Cl)c1. The Bertz CT molecular complexity index is 585. The summed E-state index contributed by atoms with van der Waals surface area (Å²) < 4.78 is 25.1. The molecule has 98 valence electrons. The quantitative estimate of drug-likeness (QED) is 0.903. The van der Waals surface area contributed by atoms with E-state index in [1.165, 1.54) is 22.5 Å². The van der Waals surface area contributed by atoms with Gasteiger partial charge in [-0.1, -0.05) is 11.6 Å². The Labute approximate surface area is 110 Å². The second kappa shape index (κ2) is 4.78. The van der Waals surface area contributed by atoms with Crippen LogP contribution in [-0.2, 0) is 10.0 Å². The van der Waals surface area contributed by atoms with E-state index in [1.807, 2.05) is 0 Å². The number of halogens is 1. The minimum absolute atomic E-state index is 0.0400. The molecule has 0 bridgehead atoms. The first kappa shape index (κ1) is 13.2. The van der Waals surface area contributed by atoms with Gasteiger partial charge < -0.3 is 5.11 Å². The van der Waals surface area contributed by atoms with Crippen LogP contribution in [0.15, 0.2) is 18.2 Å². The Morgan fingerprint density at radius 2 is 2.06 bits per heavy atom. The van der Waals surface area contributed by atoms with Crippen LogP contribution in [0.2, 0.25) is 5.02 Å². The molecule has 1 aromatic rings. The monoisotopic (exact) mass is 289 g/mol. The van der Waals surface area contributed by atoms with Gasteiger partial charge in [0.2, 0.25) is 10.0 Å². The van der Waals surface area contributed by atoms with Crippen molar-refractivity contribution in [1.82, 2.24) is 0 Å². The number of benzene rings is 1. The highest BCUT2D eigenvalue weighted by Gasteiger charge is 2.27. The van der Waals surface area contributed by atoms with Crippen LogP contribution in [0.25, 0.3) is 0 Å². The summed E-state index contributed by atoms with van der Waals surface area (Å²) in [6.45, 7) is 0.383. The number of aromatic carboxylic acids is 1. The second-order valence-electron chi connectivity index (χ2n) is 4.07. The molecule has 0 unspecified atom stereocenters. The van der Waals surface area contributed by atoms with Gasteiger partial charge in [0, 0.05) is 6.54 Å². The zero-order chi connectivity index (χ0) is 13.3. The third kappa shape index (κ3) is 2.44. The first-order chi connectivity index (χ1) is 8.42. The van der Waals surface area contributed by atoms with Crippen molar-refractivity contribution in [2.75, 3.05) is 16.6 Å². The molecular weight excluding hydrogens is 278 g/mol. The predicted octanol–water partition coefficient (Wildman–Crippen LogP) is 1.97. The summed E-state index contributed by atoms with van der Waals surface area (Å²) in [7, 11) is -3.33. The number of rotatable bonds is 2. The van der Waals surface area contributed by atoms with Crippen LogP contribution in [0, 0.1) is 0 Å². The fourth-order valence-corrected chi connectivity index (χ4v) is 3.89. The summed E-state index contributed by atoms with van der Waals surface area (Å²) in [5, 5.41) is 8.96. The summed E-state index contributed by atoms with van der Waals surface area (Å²) in [6, 6.07) is 4.06. The van der Waals surface area contributed by atoms with Crippen molar-refractivity contribution in [1.29, 1.82) is 0 Å². The molecule has 0 atom stereocenters. The Balaban J connectivity index is 2.42. The molecule has 0 amide bonds. The Hall–Kier alpha value is -1.27.